The Morgan fingerprint density at radius 3 is 2.80 bits per heavy atom. The van der Waals surface area contributed by atoms with E-state index in [4.69, 9.17) is 16.3 Å². The van der Waals surface area contributed by atoms with Crippen molar-refractivity contribution < 1.29 is 13.5 Å². The van der Waals surface area contributed by atoms with E-state index in [1.54, 1.807) is 0 Å². The first-order chi connectivity index (χ1) is 9.60. The van der Waals surface area contributed by atoms with Gasteiger partial charge in [0.1, 0.15) is 0 Å². The molecule has 5 nitrogen and oxygen atoms in total. The van der Waals surface area contributed by atoms with E-state index < -0.39 is 11.6 Å². The molecule has 0 fully saturated rings. The van der Waals surface area contributed by atoms with E-state index in [2.05, 4.69) is 20.3 Å². The lowest BCUT2D eigenvalue weighted by atomic mass is 10.3. The minimum Gasteiger partial charge on any atom is -0.463 e. The van der Waals surface area contributed by atoms with Crippen LogP contribution in [0.15, 0.2) is 18.2 Å². The molecule has 0 atom stereocenters. The monoisotopic (exact) mass is 300 g/mol. The molecule has 20 heavy (non-hydrogen) atoms. The fourth-order valence-electron chi connectivity index (χ4n) is 1.37. The van der Waals surface area contributed by atoms with Crippen molar-refractivity contribution in [3.05, 3.63) is 35.1 Å². The molecular formula is C12H11ClF2N4O. The number of benzene rings is 1. The SMILES string of the molecule is CCCOc1nc(Cl)nc(Nc2cccc(F)c2F)n1. The van der Waals surface area contributed by atoms with Gasteiger partial charge in [0.05, 0.1) is 12.3 Å². The first-order valence-corrected chi connectivity index (χ1v) is 6.23. The lowest BCUT2D eigenvalue weighted by molar-refractivity contribution is 0.292. The van der Waals surface area contributed by atoms with E-state index in [9.17, 15) is 8.78 Å². The third kappa shape index (κ3) is 3.51. The van der Waals surface area contributed by atoms with Crippen LogP contribution in [0.4, 0.5) is 20.4 Å². The van der Waals surface area contributed by atoms with Crippen molar-refractivity contribution >= 4 is 23.2 Å². The molecule has 2 aromatic rings. The Labute approximate surface area is 119 Å². The van der Waals surface area contributed by atoms with Gasteiger partial charge in [0, 0.05) is 0 Å². The summed E-state index contributed by atoms with van der Waals surface area (Å²) in [5.74, 6) is -2.03. The van der Waals surface area contributed by atoms with Crippen LogP contribution in [0.5, 0.6) is 6.01 Å². The van der Waals surface area contributed by atoms with E-state index >= 15 is 0 Å². The van der Waals surface area contributed by atoms with Crippen LogP contribution in [0.25, 0.3) is 0 Å². The Morgan fingerprint density at radius 2 is 2.05 bits per heavy atom. The number of hydrogen-bond acceptors (Lipinski definition) is 5. The van der Waals surface area contributed by atoms with Crippen molar-refractivity contribution in [3.8, 4) is 6.01 Å². The molecule has 8 heteroatoms. The zero-order valence-corrected chi connectivity index (χ0v) is 11.3. The Morgan fingerprint density at radius 1 is 1.25 bits per heavy atom. The topological polar surface area (TPSA) is 59.9 Å². The minimum absolute atomic E-state index is 0.0196. The van der Waals surface area contributed by atoms with Crippen LogP contribution in [0.1, 0.15) is 13.3 Å². The summed E-state index contributed by atoms with van der Waals surface area (Å²) >= 11 is 5.72. The van der Waals surface area contributed by atoms with Gasteiger partial charge < -0.3 is 10.1 Å². The van der Waals surface area contributed by atoms with Gasteiger partial charge in [-0.25, -0.2) is 8.78 Å². The number of ether oxygens (including phenoxy) is 1. The Kier molecular flexibility index (Phi) is 4.62. The molecule has 0 aliphatic rings. The first kappa shape index (κ1) is 14.4. The van der Waals surface area contributed by atoms with Crippen molar-refractivity contribution in [2.75, 3.05) is 11.9 Å². The molecular weight excluding hydrogens is 290 g/mol. The highest BCUT2D eigenvalue weighted by Crippen LogP contribution is 2.21. The molecule has 0 spiro atoms. The van der Waals surface area contributed by atoms with Crippen LogP contribution in [0, 0.1) is 11.6 Å². The second kappa shape index (κ2) is 6.42. The molecule has 0 saturated carbocycles. The minimum atomic E-state index is -1.03. The average Bonchev–Trinajstić information content (AvgIpc) is 2.41. The number of halogens is 3. The molecule has 0 aliphatic carbocycles. The van der Waals surface area contributed by atoms with Crippen molar-refractivity contribution in [3.63, 3.8) is 0 Å². The molecule has 1 N–H and O–H groups in total. The van der Waals surface area contributed by atoms with Gasteiger partial charge in [-0.2, -0.15) is 15.0 Å². The van der Waals surface area contributed by atoms with Gasteiger partial charge in [-0.15, -0.1) is 0 Å². The molecule has 0 aliphatic heterocycles. The molecule has 0 saturated heterocycles. The van der Waals surface area contributed by atoms with Gasteiger partial charge >= 0.3 is 6.01 Å². The summed E-state index contributed by atoms with van der Waals surface area (Å²) in [5, 5.41) is 2.42. The summed E-state index contributed by atoms with van der Waals surface area (Å²) in [7, 11) is 0. The standard InChI is InChI=1S/C12H11ClF2N4O/c1-2-6-20-12-18-10(13)17-11(19-12)16-8-5-3-4-7(14)9(8)15/h3-5H,2,6H2,1H3,(H,16,17,18,19). The fraction of sp³-hybridized carbons (Fsp3) is 0.250. The Bertz CT molecular complexity index is 612. The van der Waals surface area contributed by atoms with Gasteiger partial charge in [0.15, 0.2) is 11.6 Å². The molecule has 1 aromatic carbocycles. The number of rotatable bonds is 5. The van der Waals surface area contributed by atoms with Gasteiger partial charge in [-0.05, 0) is 30.2 Å². The fourth-order valence-corrected chi connectivity index (χ4v) is 1.52. The Balaban J connectivity index is 2.24. The number of nitrogens with one attached hydrogen (secondary N) is 1. The molecule has 0 radical (unpaired) electrons. The first-order valence-electron chi connectivity index (χ1n) is 5.85. The third-order valence-corrected chi connectivity index (χ3v) is 2.39. The van der Waals surface area contributed by atoms with Crippen LogP contribution < -0.4 is 10.1 Å². The van der Waals surface area contributed by atoms with Gasteiger partial charge in [-0.3, -0.25) is 0 Å². The summed E-state index contributed by atoms with van der Waals surface area (Å²) in [6.45, 7) is 2.33. The number of nitrogens with zero attached hydrogens (tertiary/aromatic N) is 3. The van der Waals surface area contributed by atoms with Crippen molar-refractivity contribution in [2.24, 2.45) is 0 Å². The van der Waals surface area contributed by atoms with E-state index in [-0.39, 0.29) is 22.9 Å². The maximum absolute atomic E-state index is 13.5. The zero-order chi connectivity index (χ0) is 14.5. The number of aromatic nitrogens is 3. The predicted octanol–water partition coefficient (Wildman–Crippen LogP) is 3.34. The largest absolute Gasteiger partial charge is 0.463 e. The van der Waals surface area contributed by atoms with Gasteiger partial charge in [0.25, 0.3) is 0 Å². The van der Waals surface area contributed by atoms with Crippen LogP contribution >= 0.6 is 11.6 Å². The highest BCUT2D eigenvalue weighted by atomic mass is 35.5. The number of hydrogen-bond donors (Lipinski definition) is 1. The normalized spacial score (nSPS) is 10.4. The lowest BCUT2D eigenvalue weighted by Gasteiger charge is -2.08. The van der Waals surface area contributed by atoms with Gasteiger partial charge in [0.2, 0.25) is 11.2 Å². The Hall–Kier alpha value is -2.02. The maximum atomic E-state index is 13.5. The van der Waals surface area contributed by atoms with E-state index in [0.717, 1.165) is 12.5 Å². The average molecular weight is 301 g/mol. The van der Waals surface area contributed by atoms with Crippen LogP contribution in [0.3, 0.4) is 0 Å². The third-order valence-electron chi connectivity index (χ3n) is 2.22. The molecule has 2 rings (SSSR count). The van der Waals surface area contributed by atoms with Crippen molar-refractivity contribution in [1.29, 1.82) is 0 Å². The van der Waals surface area contributed by atoms with Crippen LogP contribution in [0.2, 0.25) is 5.28 Å². The van der Waals surface area contributed by atoms with Crippen molar-refractivity contribution in [2.45, 2.75) is 13.3 Å². The summed E-state index contributed by atoms with van der Waals surface area (Å²) in [6, 6.07) is 3.74. The molecule has 0 amide bonds. The summed E-state index contributed by atoms with van der Waals surface area (Å²) < 4.78 is 31.8. The maximum Gasteiger partial charge on any atom is 0.322 e. The summed E-state index contributed by atoms with van der Waals surface area (Å²) in [6.07, 6.45) is 0.768. The molecule has 0 bridgehead atoms. The predicted molar refractivity (Wildman–Crippen MR) is 70.3 cm³/mol. The second-order valence-electron chi connectivity index (χ2n) is 3.79. The molecule has 1 aromatic heterocycles. The molecule has 106 valence electrons. The van der Waals surface area contributed by atoms with E-state index in [1.807, 2.05) is 6.92 Å². The van der Waals surface area contributed by atoms with E-state index in [0.29, 0.717) is 6.61 Å². The van der Waals surface area contributed by atoms with E-state index in [1.165, 1.54) is 12.1 Å². The van der Waals surface area contributed by atoms with Crippen LogP contribution in [-0.4, -0.2) is 21.6 Å². The smallest absolute Gasteiger partial charge is 0.322 e. The van der Waals surface area contributed by atoms with Crippen molar-refractivity contribution in [1.82, 2.24) is 15.0 Å². The number of anilines is 2. The quantitative estimate of drug-likeness (QED) is 0.917. The summed E-state index contributed by atoms with van der Waals surface area (Å²) in [5.41, 5.74) is -0.103. The summed E-state index contributed by atoms with van der Waals surface area (Å²) in [4.78, 5) is 11.4. The highest BCUT2D eigenvalue weighted by molar-refractivity contribution is 6.28. The zero-order valence-electron chi connectivity index (χ0n) is 10.5. The lowest BCUT2D eigenvalue weighted by Crippen LogP contribution is -2.06. The molecule has 0 unspecified atom stereocenters. The van der Waals surface area contributed by atoms with Crippen LogP contribution in [-0.2, 0) is 0 Å². The highest BCUT2D eigenvalue weighted by Gasteiger charge is 2.11. The second-order valence-corrected chi connectivity index (χ2v) is 4.12. The molecule has 1 heterocycles. The van der Waals surface area contributed by atoms with Gasteiger partial charge in [-0.1, -0.05) is 13.0 Å².